The summed E-state index contributed by atoms with van der Waals surface area (Å²) in [6, 6.07) is 0. The van der Waals surface area contributed by atoms with Crippen LogP contribution in [0.5, 0.6) is 0 Å². The van der Waals surface area contributed by atoms with Crippen molar-refractivity contribution in [3.05, 3.63) is 0 Å². The van der Waals surface area contributed by atoms with Gasteiger partial charge in [-0.3, -0.25) is 9.05 Å². The Morgan fingerprint density at radius 2 is 1.13 bits per heavy atom. The highest BCUT2D eigenvalue weighted by Crippen LogP contribution is 2.43. The Kier molecular flexibility index (Phi) is 27.5. The number of hydrogen-bond acceptors (Lipinski definition) is 4. The molecule has 31 heavy (non-hydrogen) atoms. The largest absolute Gasteiger partial charge is 0.472 e. The first kappa shape index (κ1) is 33.8. The Bertz CT molecular complexity index is 398. The second kappa shape index (κ2) is 25.2. The van der Waals surface area contributed by atoms with Crippen LogP contribution in [0.4, 0.5) is 0 Å². The van der Waals surface area contributed by atoms with Gasteiger partial charge in [0.15, 0.2) is 17.4 Å². The van der Waals surface area contributed by atoms with E-state index in [2.05, 4.69) is 20.8 Å². The zero-order valence-electron chi connectivity index (χ0n) is 20.2. The van der Waals surface area contributed by atoms with Crippen LogP contribution in [0.15, 0.2) is 0 Å². The van der Waals surface area contributed by atoms with E-state index >= 15 is 0 Å². The Morgan fingerprint density at radius 3 is 1.74 bits per heavy atom. The van der Waals surface area contributed by atoms with Crippen molar-refractivity contribution in [1.82, 2.24) is 0 Å². The fraction of sp³-hybridized carbons (Fsp3) is 1.00. The summed E-state index contributed by atoms with van der Waals surface area (Å²) in [7, 11) is -3.87. The van der Waals surface area contributed by atoms with E-state index in [1.807, 2.05) is 0 Å². The third-order valence-electron chi connectivity index (χ3n) is 5.48. The summed E-state index contributed by atoms with van der Waals surface area (Å²) in [4.78, 5) is 9.76. The van der Waals surface area contributed by atoms with Gasteiger partial charge in [0, 0.05) is 13.2 Å². The smallest absolute Gasteiger partial charge is 0.381 e. The molecule has 5 nitrogen and oxygen atoms in total. The van der Waals surface area contributed by atoms with Gasteiger partial charge in [0.05, 0.1) is 13.2 Å². The van der Waals surface area contributed by atoms with Crippen LogP contribution in [0.1, 0.15) is 124 Å². The van der Waals surface area contributed by atoms with Gasteiger partial charge in [-0.15, -0.1) is 0 Å². The van der Waals surface area contributed by atoms with Crippen molar-refractivity contribution in [2.24, 2.45) is 5.92 Å². The van der Waals surface area contributed by atoms with Crippen molar-refractivity contribution in [3.63, 3.8) is 0 Å². The van der Waals surface area contributed by atoms with Gasteiger partial charge in [0.2, 0.25) is 0 Å². The molecule has 0 aromatic carbocycles. The van der Waals surface area contributed by atoms with Crippen LogP contribution in [-0.2, 0) is 18.3 Å². The molecule has 0 saturated heterocycles. The fourth-order valence-electron chi connectivity index (χ4n) is 3.64. The highest BCUT2D eigenvalue weighted by atomic mass is 31.2. The first-order valence-corrected chi connectivity index (χ1v) is 14.2. The maximum atomic E-state index is 11.9. The number of ether oxygens (including phenoxy) is 1. The van der Waals surface area contributed by atoms with Crippen LogP contribution in [0, 0.1) is 5.92 Å². The molecule has 0 saturated carbocycles. The van der Waals surface area contributed by atoms with Gasteiger partial charge in [-0.2, -0.15) is 0 Å². The van der Waals surface area contributed by atoms with Crippen LogP contribution >= 0.6 is 7.82 Å². The molecule has 0 bridgehead atoms. The zero-order chi connectivity index (χ0) is 22.3. The minimum Gasteiger partial charge on any atom is -0.381 e. The molecule has 2 atom stereocenters. The summed E-state index contributed by atoms with van der Waals surface area (Å²) in [5.41, 5.74) is 0. The third kappa shape index (κ3) is 25.1. The molecule has 2 unspecified atom stereocenters. The second-order valence-electron chi connectivity index (χ2n) is 8.51. The molecule has 0 heterocycles. The van der Waals surface area contributed by atoms with Crippen LogP contribution in [0.2, 0.25) is 0 Å². The number of hydrogen-bond donors (Lipinski definition) is 1. The molecule has 7 heteroatoms. The maximum absolute atomic E-state index is 11.9. The molecular formula is C24H54AlO5P. The molecule has 0 aliphatic rings. The van der Waals surface area contributed by atoms with Crippen LogP contribution in [0.3, 0.4) is 0 Å². The molecule has 0 fully saturated rings. The predicted molar refractivity (Wildman–Crippen MR) is 137 cm³/mol. The van der Waals surface area contributed by atoms with E-state index in [4.69, 9.17) is 13.8 Å². The molecule has 0 spiro atoms. The molecule has 188 valence electrons. The van der Waals surface area contributed by atoms with Gasteiger partial charge in [0.25, 0.3) is 0 Å². The number of phosphoric ester groups is 1. The van der Waals surface area contributed by atoms with E-state index in [0.717, 1.165) is 64.1 Å². The van der Waals surface area contributed by atoms with Gasteiger partial charge in [0.1, 0.15) is 0 Å². The minimum atomic E-state index is -3.87. The summed E-state index contributed by atoms with van der Waals surface area (Å²) in [6.45, 7) is 8.95. The lowest BCUT2D eigenvalue weighted by molar-refractivity contribution is 0.126. The number of phosphoric acid groups is 1. The van der Waals surface area contributed by atoms with E-state index in [9.17, 15) is 9.46 Å². The average molecular weight is 481 g/mol. The lowest BCUT2D eigenvalue weighted by atomic mass is 9.91. The molecule has 0 rings (SSSR count). The lowest BCUT2D eigenvalue weighted by Crippen LogP contribution is -2.05. The molecule has 0 aliphatic heterocycles. The highest BCUT2D eigenvalue weighted by molar-refractivity contribution is 7.47. The molecule has 0 amide bonds. The van der Waals surface area contributed by atoms with E-state index in [1.54, 1.807) is 0 Å². The summed E-state index contributed by atoms with van der Waals surface area (Å²) >= 11 is 0. The van der Waals surface area contributed by atoms with Crippen LogP contribution in [-0.4, -0.2) is 48.7 Å². The van der Waals surface area contributed by atoms with E-state index in [1.165, 1.54) is 57.8 Å². The van der Waals surface area contributed by atoms with Crippen LogP contribution < -0.4 is 0 Å². The van der Waals surface area contributed by atoms with Gasteiger partial charge in [-0.1, -0.05) is 91.4 Å². The van der Waals surface area contributed by atoms with Gasteiger partial charge >= 0.3 is 7.82 Å². The minimum absolute atomic E-state index is 0. The van der Waals surface area contributed by atoms with E-state index in [-0.39, 0.29) is 17.4 Å². The van der Waals surface area contributed by atoms with Crippen molar-refractivity contribution in [1.29, 1.82) is 0 Å². The summed E-state index contributed by atoms with van der Waals surface area (Å²) in [5, 5.41) is 0. The topological polar surface area (TPSA) is 65.0 Å². The standard InChI is InChI=1S/C24H51O5P.Al.3H/c1-4-7-9-10-11-14-22-28-30(25,26)29-23-15-12-13-18-24(17-8-5-2)19-16-21-27-20-6-3;;;;/h24H,4-23H2,1-3H3,(H,25,26);;;;. The van der Waals surface area contributed by atoms with Gasteiger partial charge in [-0.05, 0) is 38.0 Å². The van der Waals surface area contributed by atoms with Crippen molar-refractivity contribution >= 4 is 25.2 Å². The fourth-order valence-corrected chi connectivity index (χ4v) is 4.43. The van der Waals surface area contributed by atoms with Crippen molar-refractivity contribution < 1.29 is 23.2 Å². The molecule has 0 aliphatic carbocycles. The van der Waals surface area contributed by atoms with Crippen molar-refractivity contribution in [3.8, 4) is 0 Å². The Morgan fingerprint density at radius 1 is 0.613 bits per heavy atom. The van der Waals surface area contributed by atoms with E-state index < -0.39 is 7.82 Å². The SMILES string of the molecule is CCCCCCCCOP(=O)(O)OCCCCCC(CCCC)CCCOCCC.[AlH3]. The summed E-state index contributed by atoms with van der Waals surface area (Å²) in [5.74, 6) is 0.778. The molecular weight excluding hydrogens is 426 g/mol. The van der Waals surface area contributed by atoms with Gasteiger partial charge < -0.3 is 9.63 Å². The lowest BCUT2D eigenvalue weighted by Gasteiger charge is -2.17. The average Bonchev–Trinajstić information content (AvgIpc) is 2.72. The molecule has 0 aromatic rings. The first-order valence-electron chi connectivity index (χ1n) is 12.7. The van der Waals surface area contributed by atoms with Crippen molar-refractivity contribution in [2.75, 3.05) is 26.4 Å². The summed E-state index contributed by atoms with van der Waals surface area (Å²) < 4.78 is 27.7. The Balaban J connectivity index is 0. The molecule has 0 radical (unpaired) electrons. The molecule has 1 N–H and O–H groups in total. The second-order valence-corrected chi connectivity index (χ2v) is 9.97. The monoisotopic (exact) mass is 480 g/mol. The zero-order valence-corrected chi connectivity index (χ0v) is 21.1. The predicted octanol–water partition coefficient (Wildman–Crippen LogP) is 6.87. The van der Waals surface area contributed by atoms with Crippen molar-refractivity contribution in [2.45, 2.75) is 124 Å². The summed E-state index contributed by atoms with van der Waals surface area (Å²) in [6.07, 6.45) is 18.3. The molecule has 0 aromatic heterocycles. The first-order chi connectivity index (χ1) is 14.6. The quantitative estimate of drug-likeness (QED) is 0.0928. The van der Waals surface area contributed by atoms with Gasteiger partial charge in [-0.25, -0.2) is 4.57 Å². The Hall–Kier alpha value is 0.602. The normalized spacial score (nSPS) is 14.2. The Labute approximate surface area is 204 Å². The van der Waals surface area contributed by atoms with Crippen LogP contribution in [0.25, 0.3) is 0 Å². The third-order valence-corrected chi connectivity index (χ3v) is 6.50. The number of rotatable bonds is 24. The maximum Gasteiger partial charge on any atom is 0.472 e. The number of unbranched alkanes of at least 4 members (excludes halogenated alkanes) is 8. The highest BCUT2D eigenvalue weighted by Gasteiger charge is 2.20. The van der Waals surface area contributed by atoms with E-state index in [0.29, 0.717) is 13.2 Å².